The van der Waals surface area contributed by atoms with Gasteiger partial charge in [0, 0.05) is 18.0 Å². The van der Waals surface area contributed by atoms with Gasteiger partial charge in [0.1, 0.15) is 0 Å². The van der Waals surface area contributed by atoms with Gasteiger partial charge >= 0.3 is 0 Å². The summed E-state index contributed by atoms with van der Waals surface area (Å²) in [6.45, 7) is 6.16. The number of hydrogen-bond acceptors (Lipinski definition) is 7. The van der Waals surface area contributed by atoms with Crippen LogP contribution in [0.15, 0.2) is 24.3 Å². The fourth-order valence-corrected chi connectivity index (χ4v) is 4.23. The first kappa shape index (κ1) is 15.5. The van der Waals surface area contributed by atoms with Crippen molar-refractivity contribution in [1.29, 1.82) is 0 Å². The molecule has 5 rings (SSSR count). The van der Waals surface area contributed by atoms with Crippen molar-refractivity contribution in [2.75, 3.05) is 23.3 Å². The number of nitrogens with one attached hydrogen (secondary N) is 1. The lowest BCUT2D eigenvalue weighted by molar-refractivity contribution is 0.921. The second-order valence-electron chi connectivity index (χ2n) is 6.58. The number of aryl methyl sites for hydroxylation is 2. The summed E-state index contributed by atoms with van der Waals surface area (Å²) in [5, 5.41) is 7.91. The molecule has 0 saturated carbocycles. The van der Waals surface area contributed by atoms with Gasteiger partial charge < -0.3 is 10.2 Å². The van der Waals surface area contributed by atoms with Gasteiger partial charge in [-0.2, -0.15) is 4.98 Å². The third-order valence-electron chi connectivity index (χ3n) is 4.84. The Morgan fingerprint density at radius 1 is 1.00 bits per heavy atom. The number of hydrogen-bond donors (Lipinski definition) is 1. The molecule has 0 radical (unpaired) electrons. The van der Waals surface area contributed by atoms with Crippen molar-refractivity contribution < 1.29 is 0 Å². The largest absolute Gasteiger partial charge is 0.354 e. The van der Waals surface area contributed by atoms with Gasteiger partial charge in [0.05, 0.1) is 16.7 Å². The Labute approximate surface area is 154 Å². The van der Waals surface area contributed by atoms with Crippen LogP contribution < -0.4 is 10.2 Å². The second-order valence-corrected chi connectivity index (χ2v) is 7.76. The third-order valence-corrected chi connectivity index (χ3v) is 5.89. The van der Waals surface area contributed by atoms with Gasteiger partial charge in [-0.3, -0.25) is 0 Å². The molecule has 7 nitrogen and oxygen atoms in total. The van der Waals surface area contributed by atoms with Crippen molar-refractivity contribution in [2.45, 2.75) is 26.7 Å². The van der Waals surface area contributed by atoms with E-state index < -0.39 is 0 Å². The van der Waals surface area contributed by atoms with E-state index in [2.05, 4.69) is 34.1 Å². The Balaban J connectivity index is 1.60. The zero-order chi connectivity index (χ0) is 17.7. The van der Waals surface area contributed by atoms with Crippen LogP contribution in [0.25, 0.3) is 16.0 Å². The number of thiazole rings is 1. The number of benzene rings is 1. The summed E-state index contributed by atoms with van der Waals surface area (Å²) in [6, 6.07) is 7.96. The molecular formula is C18H19N7S. The smallest absolute Gasteiger partial charge is 0.249 e. The fraction of sp³-hybridized carbons (Fsp3) is 0.333. The number of fused-ring (bicyclic) bond motifs is 2. The van der Waals surface area contributed by atoms with Gasteiger partial charge in [0.25, 0.3) is 0 Å². The third kappa shape index (κ3) is 2.48. The van der Waals surface area contributed by atoms with Crippen LogP contribution in [0, 0.1) is 13.8 Å². The normalized spacial score (nSPS) is 14.6. The molecule has 3 aromatic heterocycles. The molecule has 0 atom stereocenters. The molecule has 1 saturated heterocycles. The van der Waals surface area contributed by atoms with Crippen LogP contribution in [0.5, 0.6) is 0 Å². The van der Waals surface area contributed by atoms with Crippen molar-refractivity contribution >= 4 is 44.9 Å². The average Bonchev–Trinajstić information content (AvgIpc) is 3.35. The van der Waals surface area contributed by atoms with Crippen LogP contribution in [0.1, 0.15) is 23.4 Å². The highest BCUT2D eigenvalue weighted by Gasteiger charge is 2.21. The Morgan fingerprint density at radius 2 is 1.73 bits per heavy atom. The van der Waals surface area contributed by atoms with E-state index in [1.54, 1.807) is 11.3 Å². The maximum Gasteiger partial charge on any atom is 0.249 e. The van der Waals surface area contributed by atoms with E-state index in [1.165, 1.54) is 17.7 Å². The molecule has 1 aromatic carbocycles. The summed E-state index contributed by atoms with van der Waals surface area (Å²) in [5.41, 5.74) is 2.89. The Hall–Kier alpha value is -2.74. The molecule has 1 fully saturated rings. The second kappa shape index (κ2) is 5.91. The highest BCUT2D eigenvalue weighted by Crippen LogP contribution is 2.30. The highest BCUT2D eigenvalue weighted by molar-refractivity contribution is 7.17. The Bertz CT molecular complexity index is 1110. The van der Waals surface area contributed by atoms with Crippen LogP contribution in [0.4, 0.5) is 17.6 Å². The maximum absolute atomic E-state index is 4.87. The van der Waals surface area contributed by atoms with Gasteiger partial charge in [0.2, 0.25) is 10.9 Å². The van der Waals surface area contributed by atoms with E-state index in [9.17, 15) is 0 Å². The number of rotatable bonds is 3. The van der Waals surface area contributed by atoms with Crippen LogP contribution >= 0.6 is 11.3 Å². The standard InChI is InChI=1S/C18H19N7S/c1-11-12(2)26-18-22-17(23-25(11)18)21-15-16(24-9-5-6-10-24)20-14-8-4-3-7-13(14)19-15/h3-4,7-8H,5-6,9-10H2,1-2H3,(H,19,21,23). The van der Waals surface area contributed by atoms with Crippen LogP contribution in [-0.2, 0) is 0 Å². The van der Waals surface area contributed by atoms with Gasteiger partial charge in [-0.25, -0.2) is 14.5 Å². The van der Waals surface area contributed by atoms with E-state index in [0.717, 1.165) is 46.4 Å². The zero-order valence-electron chi connectivity index (χ0n) is 14.7. The molecule has 0 amide bonds. The first-order valence-electron chi connectivity index (χ1n) is 8.80. The molecule has 0 aliphatic carbocycles. The first-order valence-corrected chi connectivity index (χ1v) is 9.62. The summed E-state index contributed by atoms with van der Waals surface area (Å²) in [6.07, 6.45) is 2.37. The number of aromatic nitrogens is 5. The van der Waals surface area contributed by atoms with E-state index in [1.807, 2.05) is 28.8 Å². The molecule has 0 spiro atoms. The fourth-order valence-electron chi connectivity index (χ4n) is 3.33. The van der Waals surface area contributed by atoms with E-state index >= 15 is 0 Å². The zero-order valence-corrected chi connectivity index (χ0v) is 15.5. The predicted molar refractivity (Wildman–Crippen MR) is 105 cm³/mol. The van der Waals surface area contributed by atoms with Crippen LogP contribution in [0.3, 0.4) is 0 Å². The molecule has 4 heterocycles. The lowest BCUT2D eigenvalue weighted by atomic mass is 10.3. The number of anilines is 3. The van der Waals surface area contributed by atoms with Crippen molar-refractivity contribution in [3.8, 4) is 0 Å². The van der Waals surface area contributed by atoms with Gasteiger partial charge in [-0.15, -0.1) is 5.10 Å². The Kier molecular flexibility index (Phi) is 3.53. The molecule has 0 unspecified atom stereocenters. The van der Waals surface area contributed by atoms with Crippen LogP contribution in [-0.4, -0.2) is 37.7 Å². The topological polar surface area (TPSA) is 71.2 Å². The van der Waals surface area contributed by atoms with Gasteiger partial charge in [0.15, 0.2) is 11.6 Å². The first-order chi connectivity index (χ1) is 12.7. The van der Waals surface area contributed by atoms with Crippen LogP contribution in [0.2, 0.25) is 0 Å². The van der Waals surface area contributed by atoms with Crippen molar-refractivity contribution in [1.82, 2.24) is 24.6 Å². The molecule has 132 valence electrons. The molecule has 26 heavy (non-hydrogen) atoms. The summed E-state index contributed by atoms with van der Waals surface area (Å²) >= 11 is 1.65. The van der Waals surface area contributed by atoms with Gasteiger partial charge in [-0.05, 0) is 38.8 Å². The van der Waals surface area contributed by atoms with Crippen molar-refractivity contribution in [3.63, 3.8) is 0 Å². The molecule has 1 aliphatic rings. The molecule has 0 bridgehead atoms. The summed E-state index contributed by atoms with van der Waals surface area (Å²) in [5.74, 6) is 2.16. The summed E-state index contributed by atoms with van der Waals surface area (Å²) < 4.78 is 1.88. The molecule has 1 aliphatic heterocycles. The lowest BCUT2D eigenvalue weighted by Gasteiger charge is -2.19. The van der Waals surface area contributed by atoms with E-state index in [4.69, 9.17) is 9.97 Å². The quantitative estimate of drug-likeness (QED) is 0.597. The molecular weight excluding hydrogens is 346 g/mol. The van der Waals surface area contributed by atoms with E-state index in [0.29, 0.717) is 5.95 Å². The number of nitrogens with zero attached hydrogens (tertiary/aromatic N) is 6. The average molecular weight is 365 g/mol. The minimum absolute atomic E-state index is 0.560. The van der Waals surface area contributed by atoms with Crippen molar-refractivity contribution in [3.05, 3.63) is 34.8 Å². The van der Waals surface area contributed by atoms with E-state index in [-0.39, 0.29) is 0 Å². The molecule has 1 N–H and O–H groups in total. The molecule has 4 aromatic rings. The predicted octanol–water partition coefficient (Wildman–Crippen LogP) is 3.69. The maximum atomic E-state index is 4.87. The Morgan fingerprint density at radius 3 is 2.46 bits per heavy atom. The monoisotopic (exact) mass is 365 g/mol. The number of para-hydroxylation sites is 2. The summed E-state index contributed by atoms with van der Waals surface area (Å²) in [4.78, 5) is 18.7. The minimum atomic E-state index is 0.560. The highest BCUT2D eigenvalue weighted by atomic mass is 32.1. The summed E-state index contributed by atoms with van der Waals surface area (Å²) in [7, 11) is 0. The minimum Gasteiger partial charge on any atom is -0.354 e. The van der Waals surface area contributed by atoms with Gasteiger partial charge in [-0.1, -0.05) is 23.5 Å². The van der Waals surface area contributed by atoms with Crippen molar-refractivity contribution in [2.24, 2.45) is 0 Å². The lowest BCUT2D eigenvalue weighted by Crippen LogP contribution is -2.21. The SMILES string of the molecule is Cc1sc2nc(Nc3nc4ccccc4nc3N3CCCC3)nn2c1C. The molecule has 8 heteroatoms.